The van der Waals surface area contributed by atoms with E-state index in [0.29, 0.717) is 28.6 Å². The molecule has 0 atom stereocenters. The van der Waals surface area contributed by atoms with E-state index in [9.17, 15) is 26.7 Å². The molecule has 0 fully saturated rings. The van der Waals surface area contributed by atoms with E-state index in [1.165, 1.54) is 34.9 Å². The minimum Gasteiger partial charge on any atom is -0.493 e. The number of aryl methyl sites for hydroxylation is 1. The molecule has 11 heteroatoms. The minimum atomic E-state index is -4.54. The van der Waals surface area contributed by atoms with Crippen LogP contribution in [-0.2, 0) is 19.8 Å². The summed E-state index contributed by atoms with van der Waals surface area (Å²) < 4.78 is 87.1. The van der Waals surface area contributed by atoms with E-state index >= 15 is 0 Å². The second kappa shape index (κ2) is 12.0. The van der Waals surface area contributed by atoms with Crippen molar-refractivity contribution in [1.82, 2.24) is 4.57 Å². The first-order chi connectivity index (χ1) is 20.5. The van der Waals surface area contributed by atoms with E-state index in [0.717, 1.165) is 18.2 Å². The van der Waals surface area contributed by atoms with Crippen LogP contribution in [0.1, 0.15) is 18.2 Å². The van der Waals surface area contributed by atoms with Crippen LogP contribution >= 0.6 is 0 Å². The standard InChI is InChI=1S/C32H25F5N2O4/c1-3-41-30-16-31(40)39(2)18-24(30)23-15-20(9-12-28(23)43-29-11-8-19(33)14-26(29)34)38-17-21-10-13-27(42-21)22-6-4-5-7-25(22)32(35,36)37/h4-16,18,38H,3,17H2,1-2H3. The largest absolute Gasteiger partial charge is 0.493 e. The molecular formula is C32H25F5N2O4. The quantitative estimate of drug-likeness (QED) is 0.173. The Morgan fingerprint density at radius 2 is 1.63 bits per heavy atom. The van der Waals surface area contributed by atoms with E-state index in [4.69, 9.17) is 13.9 Å². The summed E-state index contributed by atoms with van der Waals surface area (Å²) in [6.07, 6.45) is -2.99. The Balaban J connectivity index is 1.48. The summed E-state index contributed by atoms with van der Waals surface area (Å²) in [4.78, 5) is 12.3. The lowest BCUT2D eigenvalue weighted by Crippen LogP contribution is -2.16. The van der Waals surface area contributed by atoms with Crippen molar-refractivity contribution in [2.75, 3.05) is 11.9 Å². The summed E-state index contributed by atoms with van der Waals surface area (Å²) in [6, 6.07) is 17.3. The Bertz CT molecular complexity index is 1830. The molecule has 5 rings (SSSR count). The van der Waals surface area contributed by atoms with Crippen LogP contribution in [0.25, 0.3) is 22.5 Å². The number of rotatable bonds is 9. The van der Waals surface area contributed by atoms with Crippen molar-refractivity contribution < 1.29 is 35.8 Å². The van der Waals surface area contributed by atoms with Gasteiger partial charge in [0.1, 0.15) is 28.8 Å². The van der Waals surface area contributed by atoms with E-state index in [1.807, 2.05) is 0 Å². The smallest absolute Gasteiger partial charge is 0.417 e. The highest BCUT2D eigenvalue weighted by atomic mass is 19.4. The number of aromatic nitrogens is 1. The predicted molar refractivity (Wildman–Crippen MR) is 151 cm³/mol. The topological polar surface area (TPSA) is 65.6 Å². The first-order valence-corrected chi connectivity index (χ1v) is 13.1. The van der Waals surface area contributed by atoms with Crippen LogP contribution < -0.4 is 20.3 Å². The number of hydrogen-bond acceptors (Lipinski definition) is 5. The van der Waals surface area contributed by atoms with Gasteiger partial charge in [-0.25, -0.2) is 8.78 Å². The molecule has 3 aromatic carbocycles. The number of nitrogens with one attached hydrogen (secondary N) is 1. The fourth-order valence-electron chi connectivity index (χ4n) is 4.46. The molecule has 5 aromatic rings. The van der Waals surface area contributed by atoms with Gasteiger partial charge in [-0.15, -0.1) is 0 Å². The third kappa shape index (κ3) is 6.56. The lowest BCUT2D eigenvalue weighted by Gasteiger charge is -2.17. The van der Waals surface area contributed by atoms with Gasteiger partial charge in [0, 0.05) is 47.8 Å². The van der Waals surface area contributed by atoms with Gasteiger partial charge in [-0.1, -0.05) is 18.2 Å². The molecule has 1 N–H and O–H groups in total. The molecule has 0 aliphatic rings. The molecule has 43 heavy (non-hydrogen) atoms. The third-order valence-corrected chi connectivity index (χ3v) is 6.50. The van der Waals surface area contributed by atoms with Gasteiger partial charge in [-0.2, -0.15) is 13.2 Å². The maximum atomic E-state index is 14.5. The van der Waals surface area contributed by atoms with Crippen LogP contribution in [0.5, 0.6) is 17.2 Å². The van der Waals surface area contributed by atoms with Crippen LogP contribution in [0.4, 0.5) is 27.6 Å². The van der Waals surface area contributed by atoms with Gasteiger partial charge in [0.2, 0.25) is 0 Å². The maximum Gasteiger partial charge on any atom is 0.417 e. The first-order valence-electron chi connectivity index (χ1n) is 13.1. The number of halogens is 5. The average molecular weight is 597 g/mol. The fraction of sp³-hybridized carbons (Fsp3) is 0.156. The number of alkyl halides is 3. The lowest BCUT2D eigenvalue weighted by molar-refractivity contribution is -0.137. The van der Waals surface area contributed by atoms with Gasteiger partial charge in [-0.3, -0.25) is 4.79 Å². The van der Waals surface area contributed by atoms with Gasteiger partial charge in [0.25, 0.3) is 5.56 Å². The highest BCUT2D eigenvalue weighted by molar-refractivity contribution is 5.78. The normalized spacial score (nSPS) is 11.4. The van der Waals surface area contributed by atoms with Gasteiger partial charge in [0.05, 0.1) is 18.7 Å². The van der Waals surface area contributed by atoms with Crippen molar-refractivity contribution >= 4 is 5.69 Å². The highest BCUT2D eigenvalue weighted by Gasteiger charge is 2.34. The molecule has 2 aromatic heterocycles. The molecule has 0 saturated carbocycles. The Kier molecular flexibility index (Phi) is 8.24. The number of anilines is 1. The van der Waals surface area contributed by atoms with Crippen molar-refractivity contribution in [3.05, 3.63) is 118 Å². The highest BCUT2D eigenvalue weighted by Crippen LogP contribution is 2.41. The van der Waals surface area contributed by atoms with Crippen LogP contribution in [0.15, 0.2) is 94.3 Å². The van der Waals surface area contributed by atoms with Crippen LogP contribution in [0.3, 0.4) is 0 Å². The van der Waals surface area contributed by atoms with E-state index in [2.05, 4.69) is 5.32 Å². The van der Waals surface area contributed by atoms with Crippen molar-refractivity contribution in [3.8, 4) is 39.7 Å². The van der Waals surface area contributed by atoms with E-state index in [-0.39, 0.29) is 47.3 Å². The average Bonchev–Trinajstić information content (AvgIpc) is 3.44. The summed E-state index contributed by atoms with van der Waals surface area (Å²) in [6.45, 7) is 2.14. The second-order valence-corrected chi connectivity index (χ2v) is 9.48. The number of benzene rings is 3. The van der Waals surface area contributed by atoms with Crippen molar-refractivity contribution in [2.24, 2.45) is 7.05 Å². The molecule has 0 saturated heterocycles. The number of furan rings is 1. The molecule has 6 nitrogen and oxygen atoms in total. The minimum absolute atomic E-state index is 0.0713. The predicted octanol–water partition coefficient (Wildman–Crippen LogP) is 8.41. The zero-order valence-corrected chi connectivity index (χ0v) is 23.0. The van der Waals surface area contributed by atoms with Gasteiger partial charge in [-0.05, 0) is 55.5 Å². The second-order valence-electron chi connectivity index (χ2n) is 9.48. The Morgan fingerprint density at radius 1 is 0.860 bits per heavy atom. The molecule has 222 valence electrons. The Morgan fingerprint density at radius 3 is 2.37 bits per heavy atom. The van der Waals surface area contributed by atoms with E-state index < -0.39 is 23.4 Å². The van der Waals surface area contributed by atoms with Crippen molar-refractivity contribution in [2.45, 2.75) is 19.6 Å². The molecule has 0 spiro atoms. The fourth-order valence-corrected chi connectivity index (χ4v) is 4.46. The van der Waals surface area contributed by atoms with Crippen molar-refractivity contribution in [3.63, 3.8) is 0 Å². The summed E-state index contributed by atoms with van der Waals surface area (Å²) in [7, 11) is 1.56. The summed E-state index contributed by atoms with van der Waals surface area (Å²) in [5.74, 6) is -0.968. The molecule has 2 heterocycles. The maximum absolute atomic E-state index is 14.5. The monoisotopic (exact) mass is 596 g/mol. The van der Waals surface area contributed by atoms with Crippen LogP contribution in [-0.4, -0.2) is 11.2 Å². The van der Waals surface area contributed by atoms with Gasteiger partial charge in [0.15, 0.2) is 11.6 Å². The van der Waals surface area contributed by atoms with Gasteiger partial charge >= 0.3 is 6.18 Å². The van der Waals surface area contributed by atoms with Crippen LogP contribution in [0.2, 0.25) is 0 Å². The number of ether oxygens (including phenoxy) is 2. The molecule has 0 radical (unpaired) electrons. The zero-order valence-electron chi connectivity index (χ0n) is 23.0. The van der Waals surface area contributed by atoms with Crippen molar-refractivity contribution in [1.29, 1.82) is 0 Å². The molecule has 0 bridgehead atoms. The zero-order chi connectivity index (χ0) is 30.7. The number of nitrogens with zero attached hydrogens (tertiary/aromatic N) is 1. The molecular weight excluding hydrogens is 571 g/mol. The first kappa shape index (κ1) is 29.4. The van der Waals surface area contributed by atoms with Gasteiger partial charge < -0.3 is 23.8 Å². The molecule has 0 unspecified atom stereocenters. The summed E-state index contributed by atoms with van der Waals surface area (Å²) in [5, 5.41) is 3.16. The lowest BCUT2D eigenvalue weighted by atomic mass is 10.0. The Labute approximate surface area is 242 Å². The number of hydrogen-bond donors (Lipinski definition) is 1. The Hall–Kier alpha value is -5.06. The summed E-state index contributed by atoms with van der Waals surface area (Å²) in [5.41, 5.74) is 0.252. The van der Waals surface area contributed by atoms with E-state index in [1.54, 1.807) is 44.4 Å². The molecule has 0 aliphatic heterocycles. The molecule has 0 aliphatic carbocycles. The third-order valence-electron chi connectivity index (χ3n) is 6.50. The SMILES string of the molecule is CCOc1cc(=O)n(C)cc1-c1cc(NCc2ccc(-c3ccccc3C(F)(F)F)o2)ccc1Oc1ccc(F)cc1F. The molecule has 0 amide bonds. The van der Waals surface area contributed by atoms with Crippen LogP contribution in [0, 0.1) is 11.6 Å². The summed E-state index contributed by atoms with van der Waals surface area (Å²) >= 11 is 0. The number of pyridine rings is 1.